The molecule has 1 aliphatic heterocycles. The van der Waals surface area contributed by atoms with Crippen LogP contribution < -0.4 is 0 Å². The fraction of sp³-hybridized carbons (Fsp3) is 0.417. The summed E-state index contributed by atoms with van der Waals surface area (Å²) in [7, 11) is 0. The summed E-state index contributed by atoms with van der Waals surface area (Å²) in [5, 5.41) is 0. The maximum absolute atomic E-state index is 10.6. The van der Waals surface area contributed by atoms with E-state index in [0.717, 1.165) is 31.5 Å². The fourth-order valence-corrected chi connectivity index (χ4v) is 1.89. The second-order valence-corrected chi connectivity index (χ2v) is 3.70. The Morgan fingerprint density at radius 3 is 3.07 bits per heavy atom. The van der Waals surface area contributed by atoms with Crippen molar-refractivity contribution in [2.24, 2.45) is 0 Å². The third kappa shape index (κ3) is 2.02. The zero-order chi connectivity index (χ0) is 9.80. The number of hydrogen-bond acceptors (Lipinski definition) is 2. The SMILES string of the molecule is O=Cc1cccc(C2CCCOC2)c1. The highest BCUT2D eigenvalue weighted by Gasteiger charge is 2.15. The summed E-state index contributed by atoms with van der Waals surface area (Å²) in [6, 6.07) is 7.81. The molecular weight excluding hydrogens is 176 g/mol. The van der Waals surface area contributed by atoms with Crippen LogP contribution in [0.1, 0.15) is 34.7 Å². The van der Waals surface area contributed by atoms with E-state index >= 15 is 0 Å². The van der Waals surface area contributed by atoms with Crippen LogP contribution >= 0.6 is 0 Å². The second kappa shape index (κ2) is 4.38. The molecule has 2 heteroatoms. The van der Waals surface area contributed by atoms with Crippen molar-refractivity contribution in [2.45, 2.75) is 18.8 Å². The molecule has 74 valence electrons. The van der Waals surface area contributed by atoms with Crippen molar-refractivity contribution in [2.75, 3.05) is 13.2 Å². The molecule has 1 heterocycles. The third-order valence-corrected chi connectivity index (χ3v) is 2.68. The predicted octanol–water partition coefficient (Wildman–Crippen LogP) is 2.39. The van der Waals surface area contributed by atoms with E-state index in [0.29, 0.717) is 5.92 Å². The number of carbonyl (C=O) groups is 1. The van der Waals surface area contributed by atoms with Crippen molar-refractivity contribution in [3.8, 4) is 0 Å². The fourth-order valence-electron chi connectivity index (χ4n) is 1.89. The highest BCUT2D eigenvalue weighted by molar-refractivity contribution is 5.75. The first-order valence-corrected chi connectivity index (χ1v) is 5.03. The van der Waals surface area contributed by atoms with Crippen molar-refractivity contribution < 1.29 is 9.53 Å². The molecule has 1 fully saturated rings. The number of ether oxygens (including phenoxy) is 1. The minimum atomic E-state index is 0.476. The van der Waals surface area contributed by atoms with E-state index < -0.39 is 0 Å². The van der Waals surface area contributed by atoms with Crippen molar-refractivity contribution in [1.29, 1.82) is 0 Å². The average Bonchev–Trinajstić information content (AvgIpc) is 2.30. The van der Waals surface area contributed by atoms with Gasteiger partial charge in [-0.25, -0.2) is 0 Å². The molecule has 0 saturated carbocycles. The summed E-state index contributed by atoms with van der Waals surface area (Å²) in [6.07, 6.45) is 3.19. The van der Waals surface area contributed by atoms with Crippen LogP contribution in [0.25, 0.3) is 0 Å². The summed E-state index contributed by atoms with van der Waals surface area (Å²) >= 11 is 0. The summed E-state index contributed by atoms with van der Waals surface area (Å²) in [5.41, 5.74) is 1.99. The number of hydrogen-bond donors (Lipinski definition) is 0. The quantitative estimate of drug-likeness (QED) is 0.669. The lowest BCUT2D eigenvalue weighted by Gasteiger charge is -2.22. The van der Waals surface area contributed by atoms with Gasteiger partial charge in [0, 0.05) is 18.1 Å². The summed E-state index contributed by atoms with van der Waals surface area (Å²) in [4.78, 5) is 10.6. The molecule has 1 atom stereocenters. The molecule has 1 aromatic rings. The van der Waals surface area contributed by atoms with Gasteiger partial charge in [0.1, 0.15) is 6.29 Å². The van der Waals surface area contributed by atoms with Crippen LogP contribution in [-0.2, 0) is 4.74 Å². The van der Waals surface area contributed by atoms with Crippen molar-refractivity contribution in [1.82, 2.24) is 0 Å². The van der Waals surface area contributed by atoms with Crippen molar-refractivity contribution in [3.05, 3.63) is 35.4 Å². The highest BCUT2D eigenvalue weighted by Crippen LogP contribution is 2.25. The van der Waals surface area contributed by atoms with E-state index in [-0.39, 0.29) is 0 Å². The maximum Gasteiger partial charge on any atom is 0.150 e. The molecular formula is C12H14O2. The summed E-state index contributed by atoms with van der Waals surface area (Å²) < 4.78 is 5.42. The van der Waals surface area contributed by atoms with Gasteiger partial charge in [-0.1, -0.05) is 18.2 Å². The van der Waals surface area contributed by atoms with Gasteiger partial charge < -0.3 is 4.74 Å². The lowest BCUT2D eigenvalue weighted by molar-refractivity contribution is 0.0804. The topological polar surface area (TPSA) is 26.3 Å². The molecule has 2 rings (SSSR count). The number of carbonyl (C=O) groups excluding carboxylic acids is 1. The Kier molecular flexibility index (Phi) is 2.94. The van der Waals surface area contributed by atoms with Crippen LogP contribution in [0.5, 0.6) is 0 Å². The molecule has 0 amide bonds. The van der Waals surface area contributed by atoms with Crippen LogP contribution in [0.3, 0.4) is 0 Å². The molecule has 14 heavy (non-hydrogen) atoms. The minimum absolute atomic E-state index is 0.476. The van der Waals surface area contributed by atoms with Gasteiger partial charge in [0.05, 0.1) is 6.61 Å². The first-order valence-electron chi connectivity index (χ1n) is 5.03. The van der Waals surface area contributed by atoms with Gasteiger partial charge in [0.25, 0.3) is 0 Å². The predicted molar refractivity (Wildman–Crippen MR) is 54.6 cm³/mol. The highest BCUT2D eigenvalue weighted by atomic mass is 16.5. The van der Waals surface area contributed by atoms with E-state index in [2.05, 4.69) is 6.07 Å². The molecule has 0 spiro atoms. The van der Waals surface area contributed by atoms with E-state index in [4.69, 9.17) is 4.74 Å². The molecule has 1 aromatic carbocycles. The number of rotatable bonds is 2. The summed E-state index contributed by atoms with van der Waals surface area (Å²) in [5.74, 6) is 0.476. The second-order valence-electron chi connectivity index (χ2n) is 3.70. The van der Waals surface area contributed by atoms with Crippen LogP contribution in [0.15, 0.2) is 24.3 Å². The lowest BCUT2D eigenvalue weighted by Crippen LogP contribution is -2.15. The minimum Gasteiger partial charge on any atom is -0.381 e. The van der Waals surface area contributed by atoms with E-state index in [1.165, 1.54) is 12.0 Å². The Balaban J connectivity index is 2.17. The van der Waals surface area contributed by atoms with Gasteiger partial charge in [-0.05, 0) is 24.5 Å². The van der Waals surface area contributed by atoms with Gasteiger partial charge in [-0.3, -0.25) is 4.79 Å². The molecule has 0 radical (unpaired) electrons. The van der Waals surface area contributed by atoms with Crippen LogP contribution in [0.2, 0.25) is 0 Å². The Morgan fingerprint density at radius 2 is 2.36 bits per heavy atom. The zero-order valence-electron chi connectivity index (χ0n) is 8.11. The number of benzene rings is 1. The molecule has 1 unspecified atom stereocenters. The Hall–Kier alpha value is -1.15. The van der Waals surface area contributed by atoms with Crippen molar-refractivity contribution >= 4 is 6.29 Å². The normalized spacial score (nSPS) is 21.9. The maximum atomic E-state index is 10.6. The molecule has 0 aromatic heterocycles. The van der Waals surface area contributed by atoms with Gasteiger partial charge in [0.15, 0.2) is 0 Å². The Morgan fingerprint density at radius 1 is 1.43 bits per heavy atom. The molecule has 1 aliphatic rings. The smallest absolute Gasteiger partial charge is 0.150 e. The number of aldehydes is 1. The first kappa shape index (κ1) is 9.41. The monoisotopic (exact) mass is 190 g/mol. The van der Waals surface area contributed by atoms with E-state index in [9.17, 15) is 4.79 Å². The third-order valence-electron chi connectivity index (χ3n) is 2.68. The largest absolute Gasteiger partial charge is 0.381 e. The summed E-state index contributed by atoms with van der Waals surface area (Å²) in [6.45, 7) is 1.67. The Bertz CT molecular complexity index is 314. The molecule has 0 N–H and O–H groups in total. The molecule has 0 aliphatic carbocycles. The van der Waals surface area contributed by atoms with E-state index in [1.54, 1.807) is 0 Å². The van der Waals surface area contributed by atoms with Crippen LogP contribution in [-0.4, -0.2) is 19.5 Å². The lowest BCUT2D eigenvalue weighted by atomic mass is 9.93. The first-order chi connectivity index (χ1) is 6.90. The molecule has 2 nitrogen and oxygen atoms in total. The van der Waals surface area contributed by atoms with Crippen LogP contribution in [0.4, 0.5) is 0 Å². The van der Waals surface area contributed by atoms with Crippen LogP contribution in [0, 0.1) is 0 Å². The average molecular weight is 190 g/mol. The Labute approximate surface area is 83.9 Å². The van der Waals surface area contributed by atoms with Gasteiger partial charge in [-0.2, -0.15) is 0 Å². The van der Waals surface area contributed by atoms with E-state index in [1.807, 2.05) is 18.2 Å². The van der Waals surface area contributed by atoms with Crippen molar-refractivity contribution in [3.63, 3.8) is 0 Å². The van der Waals surface area contributed by atoms with Gasteiger partial charge in [0.2, 0.25) is 0 Å². The molecule has 0 bridgehead atoms. The zero-order valence-corrected chi connectivity index (χ0v) is 8.11. The van der Waals surface area contributed by atoms with Gasteiger partial charge >= 0.3 is 0 Å². The standard InChI is InChI=1S/C12H14O2/c13-8-10-3-1-4-11(7-10)12-5-2-6-14-9-12/h1,3-4,7-8,12H,2,5-6,9H2. The van der Waals surface area contributed by atoms with Gasteiger partial charge in [-0.15, -0.1) is 0 Å². The molecule has 1 saturated heterocycles.